The number of ether oxygens (including phenoxy) is 2. The summed E-state index contributed by atoms with van der Waals surface area (Å²) in [7, 11) is 0. The van der Waals surface area contributed by atoms with Gasteiger partial charge in [0, 0.05) is 18.7 Å². The summed E-state index contributed by atoms with van der Waals surface area (Å²) in [6.07, 6.45) is 0.215. The Bertz CT molecular complexity index is 525. The summed E-state index contributed by atoms with van der Waals surface area (Å²) in [6, 6.07) is 5.83. The van der Waals surface area contributed by atoms with Crippen molar-refractivity contribution in [3.63, 3.8) is 0 Å². The monoisotopic (exact) mass is 308 g/mol. The minimum absolute atomic E-state index is 0.0874. The number of benzene rings is 1. The maximum Gasteiger partial charge on any atom is 0.407 e. The molecule has 1 atom stereocenters. The van der Waals surface area contributed by atoms with Crippen LogP contribution in [-0.2, 0) is 11.2 Å². The Morgan fingerprint density at radius 3 is 2.91 bits per heavy atom. The standard InChI is InChI=1S/C16H24N2O4/c1-16(2,3)22-15(20)18-10-13-9-11-8-12(17-6-7-19)4-5-14(11)21-13/h4-5,8,13,17,19H,6-7,9-10H2,1-3H3,(H,18,20). The van der Waals surface area contributed by atoms with Crippen molar-refractivity contribution < 1.29 is 19.4 Å². The van der Waals surface area contributed by atoms with Gasteiger partial charge >= 0.3 is 6.09 Å². The number of carbonyl (C=O) groups excluding carboxylic acids is 1. The van der Waals surface area contributed by atoms with Gasteiger partial charge in [-0.1, -0.05) is 0 Å². The van der Waals surface area contributed by atoms with E-state index in [2.05, 4.69) is 10.6 Å². The maximum absolute atomic E-state index is 11.6. The lowest BCUT2D eigenvalue weighted by Crippen LogP contribution is -2.38. The first-order valence-electron chi connectivity index (χ1n) is 7.48. The van der Waals surface area contributed by atoms with Gasteiger partial charge in [0.05, 0.1) is 13.2 Å². The molecule has 0 saturated carbocycles. The van der Waals surface area contributed by atoms with Crippen LogP contribution in [-0.4, -0.2) is 42.6 Å². The highest BCUT2D eigenvalue weighted by atomic mass is 16.6. The molecule has 0 bridgehead atoms. The van der Waals surface area contributed by atoms with Gasteiger partial charge < -0.3 is 25.2 Å². The first-order chi connectivity index (χ1) is 10.4. The number of nitrogens with one attached hydrogen (secondary N) is 2. The molecule has 1 amide bonds. The normalized spacial score (nSPS) is 16.6. The fourth-order valence-electron chi connectivity index (χ4n) is 2.26. The molecular formula is C16H24N2O4. The molecule has 1 aliphatic heterocycles. The van der Waals surface area contributed by atoms with E-state index in [9.17, 15) is 4.79 Å². The Morgan fingerprint density at radius 2 is 2.23 bits per heavy atom. The van der Waals surface area contributed by atoms with E-state index in [4.69, 9.17) is 14.6 Å². The minimum Gasteiger partial charge on any atom is -0.488 e. The summed E-state index contributed by atoms with van der Waals surface area (Å²) >= 11 is 0. The smallest absolute Gasteiger partial charge is 0.407 e. The molecule has 0 saturated heterocycles. The van der Waals surface area contributed by atoms with Gasteiger partial charge in [0.25, 0.3) is 0 Å². The quantitative estimate of drug-likeness (QED) is 0.774. The molecule has 0 aliphatic carbocycles. The topological polar surface area (TPSA) is 79.8 Å². The highest BCUT2D eigenvalue weighted by molar-refractivity contribution is 5.67. The molecule has 2 rings (SSSR count). The number of aliphatic hydroxyl groups is 1. The summed E-state index contributed by atoms with van der Waals surface area (Å²) < 4.78 is 11.0. The molecule has 122 valence electrons. The van der Waals surface area contributed by atoms with Gasteiger partial charge in [-0.25, -0.2) is 4.79 Å². The third kappa shape index (κ3) is 4.80. The largest absolute Gasteiger partial charge is 0.488 e. The zero-order chi connectivity index (χ0) is 16.2. The highest BCUT2D eigenvalue weighted by Crippen LogP contribution is 2.31. The molecule has 0 aromatic heterocycles. The van der Waals surface area contributed by atoms with Crippen LogP contribution < -0.4 is 15.4 Å². The number of hydrogen-bond acceptors (Lipinski definition) is 5. The van der Waals surface area contributed by atoms with Crippen molar-refractivity contribution in [1.29, 1.82) is 0 Å². The molecule has 6 nitrogen and oxygen atoms in total. The fourth-order valence-corrected chi connectivity index (χ4v) is 2.26. The molecule has 6 heteroatoms. The van der Waals surface area contributed by atoms with E-state index in [1.54, 1.807) is 0 Å². The van der Waals surface area contributed by atoms with Crippen molar-refractivity contribution in [2.24, 2.45) is 0 Å². The van der Waals surface area contributed by atoms with Crippen LogP contribution in [0.25, 0.3) is 0 Å². The van der Waals surface area contributed by atoms with Crippen molar-refractivity contribution >= 4 is 11.8 Å². The van der Waals surface area contributed by atoms with Crippen molar-refractivity contribution in [3.8, 4) is 5.75 Å². The zero-order valence-electron chi connectivity index (χ0n) is 13.3. The predicted octanol–water partition coefficient (Wildman–Crippen LogP) is 1.92. The van der Waals surface area contributed by atoms with Crippen LogP contribution in [0, 0.1) is 0 Å². The zero-order valence-corrected chi connectivity index (χ0v) is 13.3. The Labute approximate surface area is 130 Å². The van der Waals surface area contributed by atoms with Crippen LogP contribution in [0.4, 0.5) is 10.5 Å². The van der Waals surface area contributed by atoms with Gasteiger partial charge in [-0.15, -0.1) is 0 Å². The summed E-state index contributed by atoms with van der Waals surface area (Å²) in [5, 5.41) is 14.7. The molecule has 22 heavy (non-hydrogen) atoms. The second-order valence-corrected chi connectivity index (χ2v) is 6.30. The van der Waals surface area contributed by atoms with Crippen LogP contribution in [0.15, 0.2) is 18.2 Å². The Balaban J connectivity index is 1.83. The molecule has 1 aliphatic rings. The minimum atomic E-state index is -0.503. The van der Waals surface area contributed by atoms with E-state index in [1.807, 2.05) is 39.0 Å². The number of anilines is 1. The molecule has 1 unspecified atom stereocenters. The van der Waals surface area contributed by atoms with Gasteiger partial charge in [-0.05, 0) is 44.5 Å². The number of hydrogen-bond donors (Lipinski definition) is 3. The lowest BCUT2D eigenvalue weighted by Gasteiger charge is -2.20. The number of carbonyl (C=O) groups is 1. The van der Waals surface area contributed by atoms with Gasteiger partial charge in [-0.3, -0.25) is 0 Å². The third-order valence-corrected chi connectivity index (χ3v) is 3.12. The fraction of sp³-hybridized carbons (Fsp3) is 0.562. The van der Waals surface area contributed by atoms with Crippen molar-refractivity contribution in [2.75, 3.05) is 25.0 Å². The number of aliphatic hydroxyl groups excluding tert-OH is 1. The van der Waals surface area contributed by atoms with Gasteiger partial charge in [-0.2, -0.15) is 0 Å². The molecule has 1 aromatic rings. The number of fused-ring (bicyclic) bond motifs is 1. The Hall–Kier alpha value is -1.95. The van der Waals surface area contributed by atoms with E-state index in [-0.39, 0.29) is 12.7 Å². The lowest BCUT2D eigenvalue weighted by atomic mass is 10.1. The lowest BCUT2D eigenvalue weighted by molar-refractivity contribution is 0.0506. The van der Waals surface area contributed by atoms with Crippen LogP contribution in [0.2, 0.25) is 0 Å². The molecule has 3 N–H and O–H groups in total. The first-order valence-corrected chi connectivity index (χ1v) is 7.48. The summed E-state index contributed by atoms with van der Waals surface area (Å²) in [4.78, 5) is 11.6. The second-order valence-electron chi connectivity index (χ2n) is 6.30. The molecule has 0 radical (unpaired) electrons. The average Bonchev–Trinajstić information content (AvgIpc) is 2.83. The average molecular weight is 308 g/mol. The third-order valence-electron chi connectivity index (χ3n) is 3.12. The second kappa shape index (κ2) is 6.87. The SMILES string of the molecule is CC(C)(C)OC(=O)NCC1Cc2cc(NCCO)ccc2O1. The van der Waals surface area contributed by atoms with Crippen LogP contribution >= 0.6 is 0 Å². The molecule has 1 aromatic carbocycles. The predicted molar refractivity (Wildman–Crippen MR) is 84.4 cm³/mol. The maximum atomic E-state index is 11.6. The first kappa shape index (κ1) is 16.4. The Morgan fingerprint density at radius 1 is 1.45 bits per heavy atom. The highest BCUT2D eigenvalue weighted by Gasteiger charge is 2.24. The van der Waals surface area contributed by atoms with Gasteiger partial charge in [0.15, 0.2) is 0 Å². The van der Waals surface area contributed by atoms with E-state index in [0.717, 1.165) is 23.4 Å². The molecule has 0 spiro atoms. The molecule has 0 fully saturated rings. The van der Waals surface area contributed by atoms with E-state index in [1.165, 1.54) is 0 Å². The molecule has 1 heterocycles. The Kier molecular flexibility index (Phi) is 5.13. The molecular weight excluding hydrogens is 284 g/mol. The van der Waals surface area contributed by atoms with Gasteiger partial charge in [0.2, 0.25) is 0 Å². The number of rotatable bonds is 5. The van der Waals surface area contributed by atoms with Crippen LogP contribution in [0.3, 0.4) is 0 Å². The number of alkyl carbamates (subject to hydrolysis) is 1. The van der Waals surface area contributed by atoms with Crippen molar-refractivity contribution in [2.45, 2.75) is 38.9 Å². The van der Waals surface area contributed by atoms with Crippen LogP contribution in [0.5, 0.6) is 5.75 Å². The van der Waals surface area contributed by atoms with Crippen molar-refractivity contribution in [3.05, 3.63) is 23.8 Å². The van der Waals surface area contributed by atoms with Crippen molar-refractivity contribution in [1.82, 2.24) is 5.32 Å². The van der Waals surface area contributed by atoms with Crippen LogP contribution in [0.1, 0.15) is 26.3 Å². The summed E-state index contributed by atoms with van der Waals surface area (Å²) in [6.45, 7) is 6.50. The van der Waals surface area contributed by atoms with E-state index < -0.39 is 11.7 Å². The van der Waals surface area contributed by atoms with Gasteiger partial charge in [0.1, 0.15) is 17.5 Å². The number of amides is 1. The van der Waals surface area contributed by atoms with E-state index in [0.29, 0.717) is 13.1 Å². The van der Waals surface area contributed by atoms with E-state index >= 15 is 0 Å². The summed E-state index contributed by atoms with van der Waals surface area (Å²) in [5.74, 6) is 0.838. The summed E-state index contributed by atoms with van der Waals surface area (Å²) in [5.41, 5.74) is 1.55.